The third kappa shape index (κ3) is 3.04. The van der Waals surface area contributed by atoms with Crippen molar-refractivity contribution in [3.8, 4) is 0 Å². The molecule has 2 heterocycles. The van der Waals surface area contributed by atoms with Crippen molar-refractivity contribution in [2.45, 2.75) is 17.9 Å². The van der Waals surface area contributed by atoms with Crippen LogP contribution in [0.3, 0.4) is 0 Å². The van der Waals surface area contributed by atoms with Crippen molar-refractivity contribution in [2.75, 3.05) is 11.9 Å². The van der Waals surface area contributed by atoms with Crippen molar-refractivity contribution in [1.82, 2.24) is 9.88 Å². The molecule has 0 saturated heterocycles. The molecule has 8 heteroatoms. The van der Waals surface area contributed by atoms with Crippen LogP contribution in [0.25, 0.3) is 10.9 Å². The van der Waals surface area contributed by atoms with Crippen molar-refractivity contribution < 1.29 is 13.2 Å². The summed E-state index contributed by atoms with van der Waals surface area (Å²) < 4.78 is 22.6. The van der Waals surface area contributed by atoms with Crippen molar-refractivity contribution in [1.29, 1.82) is 0 Å². The molecular weight excluding hydrogens is 352 g/mol. The minimum Gasteiger partial charge on any atom is -0.358 e. The van der Waals surface area contributed by atoms with E-state index in [1.165, 1.54) is 30.0 Å². The second-order valence-corrected chi connectivity index (χ2v) is 7.86. The number of fused-ring (bicyclic) bond motifs is 3. The Morgan fingerprint density at radius 3 is 2.58 bits per heavy atom. The van der Waals surface area contributed by atoms with Gasteiger partial charge in [0.1, 0.15) is 0 Å². The van der Waals surface area contributed by atoms with Gasteiger partial charge in [0.25, 0.3) is 0 Å². The number of amides is 2. The molecule has 1 aliphatic heterocycles. The summed E-state index contributed by atoms with van der Waals surface area (Å²) >= 11 is 0. The minimum atomic E-state index is -3.74. The zero-order valence-electron chi connectivity index (χ0n) is 13.9. The van der Waals surface area contributed by atoms with Gasteiger partial charge in [0.05, 0.1) is 4.90 Å². The number of para-hydroxylation sites is 1. The lowest BCUT2D eigenvalue weighted by molar-refractivity contribution is 0.206. The van der Waals surface area contributed by atoms with E-state index in [1.807, 2.05) is 18.2 Å². The summed E-state index contributed by atoms with van der Waals surface area (Å²) in [7, 11) is -3.74. The number of aromatic amines is 1. The van der Waals surface area contributed by atoms with Gasteiger partial charge in [-0.3, -0.25) is 0 Å². The summed E-state index contributed by atoms with van der Waals surface area (Å²) in [6, 6.07) is 13.6. The summed E-state index contributed by atoms with van der Waals surface area (Å²) in [6.45, 7) is 1.14. The maximum Gasteiger partial charge on any atom is 0.322 e. The summed E-state index contributed by atoms with van der Waals surface area (Å²) in [5.74, 6) is 0. The number of urea groups is 1. The molecule has 0 atom stereocenters. The van der Waals surface area contributed by atoms with Crippen LogP contribution in [0.1, 0.15) is 11.3 Å². The highest BCUT2D eigenvalue weighted by Crippen LogP contribution is 2.27. The number of sulfonamides is 1. The van der Waals surface area contributed by atoms with E-state index < -0.39 is 10.0 Å². The first-order chi connectivity index (χ1) is 12.4. The Hall–Kier alpha value is -2.84. The first kappa shape index (κ1) is 16.6. The SMILES string of the molecule is NS(=O)(=O)c1ccc(NC(=O)N2CCc3[nH]c4ccccc4c3C2)cc1. The van der Waals surface area contributed by atoms with Crippen molar-refractivity contribution in [3.05, 3.63) is 59.8 Å². The number of anilines is 1. The molecule has 3 aromatic rings. The molecule has 0 unspecified atom stereocenters. The number of rotatable bonds is 2. The number of hydrogen-bond acceptors (Lipinski definition) is 3. The lowest BCUT2D eigenvalue weighted by Gasteiger charge is -2.27. The van der Waals surface area contributed by atoms with Crippen molar-refractivity contribution >= 4 is 32.6 Å². The number of aromatic nitrogens is 1. The first-order valence-electron chi connectivity index (χ1n) is 8.19. The molecule has 26 heavy (non-hydrogen) atoms. The number of H-pyrrole nitrogens is 1. The molecule has 1 aliphatic rings. The van der Waals surface area contributed by atoms with Gasteiger partial charge in [-0.2, -0.15) is 0 Å². The zero-order valence-corrected chi connectivity index (χ0v) is 14.7. The smallest absolute Gasteiger partial charge is 0.322 e. The molecule has 134 valence electrons. The quantitative estimate of drug-likeness (QED) is 0.644. The van der Waals surface area contributed by atoms with E-state index in [0.717, 1.165) is 22.9 Å². The number of benzene rings is 2. The van der Waals surface area contributed by atoms with E-state index in [9.17, 15) is 13.2 Å². The van der Waals surface area contributed by atoms with E-state index in [0.29, 0.717) is 18.8 Å². The number of hydrogen-bond donors (Lipinski definition) is 3. The molecule has 1 aromatic heterocycles. The van der Waals surface area contributed by atoms with Gasteiger partial charge >= 0.3 is 6.03 Å². The maximum absolute atomic E-state index is 12.6. The topological polar surface area (TPSA) is 108 Å². The predicted molar refractivity (Wildman–Crippen MR) is 99.2 cm³/mol. The standard InChI is InChI=1S/C18H18N4O3S/c19-26(24,25)13-7-5-12(6-8-13)20-18(23)22-10-9-17-15(11-22)14-3-1-2-4-16(14)21-17/h1-8,21H,9-11H2,(H,20,23)(H2,19,24,25). The van der Waals surface area contributed by atoms with Crippen molar-refractivity contribution in [3.63, 3.8) is 0 Å². The van der Waals surface area contributed by atoms with Gasteiger partial charge in [-0.25, -0.2) is 18.4 Å². The van der Waals surface area contributed by atoms with Crippen molar-refractivity contribution in [2.24, 2.45) is 5.14 Å². The second kappa shape index (κ2) is 6.15. The first-order valence-corrected chi connectivity index (χ1v) is 9.74. The monoisotopic (exact) mass is 370 g/mol. The van der Waals surface area contributed by atoms with E-state index in [1.54, 1.807) is 4.90 Å². The molecule has 0 bridgehead atoms. The molecule has 0 radical (unpaired) electrons. The fraction of sp³-hybridized carbons (Fsp3) is 0.167. The Balaban J connectivity index is 1.51. The number of nitrogens with two attached hydrogens (primary N) is 1. The summed E-state index contributed by atoms with van der Waals surface area (Å²) in [6.07, 6.45) is 0.766. The summed E-state index contributed by atoms with van der Waals surface area (Å²) in [5, 5.41) is 9.02. The number of primary sulfonamides is 1. The van der Waals surface area contributed by atoms with E-state index in [2.05, 4.69) is 16.4 Å². The van der Waals surface area contributed by atoms with Gasteiger partial charge in [-0.1, -0.05) is 18.2 Å². The molecule has 2 amide bonds. The minimum absolute atomic E-state index is 0.0110. The Labute approximate surface area is 150 Å². The highest BCUT2D eigenvalue weighted by atomic mass is 32.2. The number of carbonyl (C=O) groups excluding carboxylic acids is 1. The van der Waals surface area contributed by atoms with Gasteiger partial charge in [0.2, 0.25) is 10.0 Å². The van der Waals surface area contributed by atoms with Crippen LogP contribution in [0, 0.1) is 0 Å². The fourth-order valence-corrected chi connectivity index (χ4v) is 3.79. The molecule has 4 rings (SSSR count). The third-order valence-electron chi connectivity index (χ3n) is 4.60. The van der Waals surface area contributed by atoms with Gasteiger partial charge < -0.3 is 15.2 Å². The Morgan fingerprint density at radius 1 is 1.12 bits per heavy atom. The number of nitrogens with zero attached hydrogens (tertiary/aromatic N) is 1. The van der Waals surface area contributed by atoms with Gasteiger partial charge in [0, 0.05) is 47.4 Å². The van der Waals surface area contributed by atoms with Crippen LogP contribution in [-0.2, 0) is 23.0 Å². The fourth-order valence-electron chi connectivity index (χ4n) is 3.27. The number of carbonyl (C=O) groups is 1. The average molecular weight is 370 g/mol. The third-order valence-corrected chi connectivity index (χ3v) is 5.53. The highest BCUT2D eigenvalue weighted by molar-refractivity contribution is 7.89. The summed E-state index contributed by atoms with van der Waals surface area (Å²) in [4.78, 5) is 17.8. The average Bonchev–Trinajstić information content (AvgIpc) is 2.99. The van der Waals surface area contributed by atoms with Gasteiger partial charge in [0.15, 0.2) is 0 Å². The summed E-state index contributed by atoms with van der Waals surface area (Å²) in [5.41, 5.74) is 3.92. The van der Waals surface area contributed by atoms with Gasteiger partial charge in [-0.05, 0) is 30.3 Å². The van der Waals surface area contributed by atoms with E-state index in [-0.39, 0.29) is 10.9 Å². The van der Waals surface area contributed by atoms with E-state index in [4.69, 9.17) is 5.14 Å². The molecular formula is C18H18N4O3S. The Kier molecular flexibility index (Phi) is 3.93. The van der Waals surface area contributed by atoms with Crippen LogP contribution in [-0.4, -0.2) is 30.9 Å². The Morgan fingerprint density at radius 2 is 1.85 bits per heavy atom. The van der Waals surface area contributed by atoms with E-state index >= 15 is 0 Å². The van der Waals surface area contributed by atoms with Crippen LogP contribution >= 0.6 is 0 Å². The highest BCUT2D eigenvalue weighted by Gasteiger charge is 2.24. The lowest BCUT2D eigenvalue weighted by Crippen LogP contribution is -2.38. The predicted octanol–water partition coefficient (Wildman–Crippen LogP) is 2.41. The van der Waals surface area contributed by atoms with Crippen LogP contribution < -0.4 is 10.5 Å². The van der Waals surface area contributed by atoms with Crippen LogP contribution in [0.15, 0.2) is 53.4 Å². The molecule has 0 spiro atoms. The normalized spacial score (nSPS) is 14.3. The molecule has 2 aromatic carbocycles. The molecule has 0 saturated carbocycles. The van der Waals surface area contributed by atoms with Crippen LogP contribution in [0.2, 0.25) is 0 Å². The van der Waals surface area contributed by atoms with Gasteiger partial charge in [-0.15, -0.1) is 0 Å². The second-order valence-electron chi connectivity index (χ2n) is 6.30. The molecule has 0 aliphatic carbocycles. The molecule has 4 N–H and O–H groups in total. The molecule has 7 nitrogen and oxygen atoms in total. The Bertz CT molecular complexity index is 1090. The maximum atomic E-state index is 12.6. The van der Waals surface area contributed by atoms with Crippen LogP contribution in [0.5, 0.6) is 0 Å². The zero-order chi connectivity index (χ0) is 18.3. The lowest BCUT2D eigenvalue weighted by atomic mass is 10.0. The molecule has 0 fully saturated rings. The van der Waals surface area contributed by atoms with Crippen LogP contribution in [0.4, 0.5) is 10.5 Å². The largest absolute Gasteiger partial charge is 0.358 e. The number of nitrogens with one attached hydrogen (secondary N) is 2.